The maximum Gasteiger partial charge on any atom is 0.136 e. The van der Waals surface area contributed by atoms with Gasteiger partial charge in [0.25, 0.3) is 0 Å². The summed E-state index contributed by atoms with van der Waals surface area (Å²) in [6.07, 6.45) is 3.74. The topological polar surface area (TPSA) is 50.9 Å². The first kappa shape index (κ1) is 11.6. The summed E-state index contributed by atoms with van der Waals surface area (Å²) < 4.78 is 13.6. The molecule has 17 heavy (non-hydrogen) atoms. The number of unbranched alkanes of at least 4 members (excludes halogenated alkanes) is 1. The number of halogens is 1. The van der Waals surface area contributed by atoms with Crippen molar-refractivity contribution in [2.45, 2.75) is 19.8 Å². The summed E-state index contributed by atoms with van der Waals surface area (Å²) in [5, 5.41) is 4.38. The lowest BCUT2D eigenvalue weighted by Gasteiger charge is -2.10. The molecule has 1 aromatic heterocycles. The van der Waals surface area contributed by atoms with E-state index in [1.54, 1.807) is 18.3 Å². The van der Waals surface area contributed by atoms with Crippen LogP contribution in [-0.4, -0.2) is 11.5 Å². The predicted octanol–water partition coefficient (Wildman–Crippen LogP) is 3.17. The van der Waals surface area contributed by atoms with Crippen molar-refractivity contribution in [3.05, 3.63) is 30.2 Å². The Morgan fingerprint density at radius 3 is 2.94 bits per heavy atom. The average Bonchev–Trinajstić information content (AvgIpc) is 2.34. The number of nitrogens with one attached hydrogen (secondary N) is 1. The third kappa shape index (κ3) is 2.30. The van der Waals surface area contributed by atoms with Crippen LogP contribution in [0.2, 0.25) is 0 Å². The van der Waals surface area contributed by atoms with Gasteiger partial charge >= 0.3 is 0 Å². The molecule has 90 valence electrons. The fourth-order valence-corrected chi connectivity index (χ4v) is 1.81. The molecule has 2 aromatic rings. The molecule has 0 spiro atoms. The van der Waals surface area contributed by atoms with Gasteiger partial charge in [0.2, 0.25) is 0 Å². The highest BCUT2D eigenvalue weighted by Gasteiger charge is 2.08. The van der Waals surface area contributed by atoms with Gasteiger partial charge in [-0.1, -0.05) is 13.3 Å². The summed E-state index contributed by atoms with van der Waals surface area (Å²) in [5.41, 5.74) is 6.43. The molecule has 4 heteroatoms. The molecule has 0 unspecified atom stereocenters. The van der Waals surface area contributed by atoms with E-state index >= 15 is 0 Å². The lowest BCUT2D eigenvalue weighted by Crippen LogP contribution is -2.04. The number of hydrogen-bond acceptors (Lipinski definition) is 3. The molecule has 0 saturated carbocycles. The van der Waals surface area contributed by atoms with Crippen LogP contribution in [-0.2, 0) is 0 Å². The van der Waals surface area contributed by atoms with Gasteiger partial charge in [-0.2, -0.15) is 0 Å². The predicted molar refractivity (Wildman–Crippen MR) is 69.5 cm³/mol. The number of rotatable bonds is 4. The second-order valence-corrected chi connectivity index (χ2v) is 4.00. The summed E-state index contributed by atoms with van der Waals surface area (Å²) in [4.78, 5) is 4.22. The van der Waals surface area contributed by atoms with E-state index in [4.69, 9.17) is 5.73 Å². The molecule has 0 atom stereocenters. The number of pyridine rings is 1. The zero-order chi connectivity index (χ0) is 12.3. The van der Waals surface area contributed by atoms with Gasteiger partial charge in [0, 0.05) is 23.8 Å². The number of nitrogen functional groups attached to an aromatic ring is 1. The van der Waals surface area contributed by atoms with Crippen LogP contribution in [0.5, 0.6) is 0 Å². The summed E-state index contributed by atoms with van der Waals surface area (Å²) >= 11 is 0. The minimum Gasteiger partial charge on any atom is -0.398 e. The fourth-order valence-electron chi connectivity index (χ4n) is 1.81. The minimum absolute atomic E-state index is 0.268. The van der Waals surface area contributed by atoms with Gasteiger partial charge in [0.05, 0.1) is 5.39 Å². The first-order valence-electron chi connectivity index (χ1n) is 5.80. The smallest absolute Gasteiger partial charge is 0.136 e. The monoisotopic (exact) mass is 233 g/mol. The van der Waals surface area contributed by atoms with Crippen molar-refractivity contribution in [3.8, 4) is 0 Å². The molecule has 1 heterocycles. The maximum absolute atomic E-state index is 13.6. The van der Waals surface area contributed by atoms with Gasteiger partial charge in [0.1, 0.15) is 11.6 Å². The molecule has 0 fully saturated rings. The zero-order valence-electron chi connectivity index (χ0n) is 9.83. The van der Waals surface area contributed by atoms with Gasteiger partial charge < -0.3 is 11.1 Å². The Morgan fingerprint density at radius 2 is 2.18 bits per heavy atom. The van der Waals surface area contributed by atoms with E-state index in [2.05, 4.69) is 17.2 Å². The van der Waals surface area contributed by atoms with Crippen LogP contribution in [0.4, 0.5) is 15.9 Å². The van der Waals surface area contributed by atoms with Crippen LogP contribution in [0.15, 0.2) is 24.4 Å². The van der Waals surface area contributed by atoms with Crippen molar-refractivity contribution in [2.24, 2.45) is 0 Å². The second kappa shape index (κ2) is 4.99. The minimum atomic E-state index is -0.268. The van der Waals surface area contributed by atoms with Gasteiger partial charge in [-0.25, -0.2) is 9.37 Å². The van der Waals surface area contributed by atoms with Crippen molar-refractivity contribution in [1.82, 2.24) is 4.98 Å². The first-order valence-corrected chi connectivity index (χ1v) is 5.80. The molecule has 0 aliphatic heterocycles. The molecule has 0 bridgehead atoms. The van der Waals surface area contributed by atoms with Crippen molar-refractivity contribution >= 4 is 22.3 Å². The van der Waals surface area contributed by atoms with Crippen molar-refractivity contribution in [3.63, 3.8) is 0 Å². The quantitative estimate of drug-likeness (QED) is 0.630. The summed E-state index contributed by atoms with van der Waals surface area (Å²) in [6.45, 7) is 2.94. The Morgan fingerprint density at radius 1 is 1.35 bits per heavy atom. The first-order chi connectivity index (χ1) is 8.24. The second-order valence-electron chi connectivity index (χ2n) is 4.00. The number of nitrogens with two attached hydrogens (primary N) is 1. The standard InChI is InChI=1S/C13H16FN3/c1-2-3-7-16-13-12-9(6-8-17-13)10(14)4-5-11(12)15/h4-6,8H,2-3,7,15H2,1H3,(H,16,17). The van der Waals surface area contributed by atoms with Crippen LogP contribution >= 0.6 is 0 Å². The average molecular weight is 233 g/mol. The Labute approximate surface area is 99.8 Å². The molecule has 0 saturated heterocycles. The number of nitrogens with zero attached hydrogens (tertiary/aromatic N) is 1. The summed E-state index contributed by atoms with van der Waals surface area (Å²) in [7, 11) is 0. The number of hydrogen-bond donors (Lipinski definition) is 2. The van der Waals surface area contributed by atoms with E-state index in [-0.39, 0.29) is 5.82 Å². The summed E-state index contributed by atoms with van der Waals surface area (Å²) in [5.74, 6) is 0.392. The van der Waals surface area contributed by atoms with Crippen molar-refractivity contribution in [1.29, 1.82) is 0 Å². The molecule has 1 aromatic carbocycles. The van der Waals surface area contributed by atoms with E-state index in [0.29, 0.717) is 22.3 Å². The molecule has 0 amide bonds. The Hall–Kier alpha value is -1.84. The number of benzene rings is 1. The van der Waals surface area contributed by atoms with E-state index in [0.717, 1.165) is 19.4 Å². The van der Waals surface area contributed by atoms with Crippen molar-refractivity contribution < 1.29 is 4.39 Å². The fraction of sp³-hybridized carbons (Fsp3) is 0.308. The highest BCUT2D eigenvalue weighted by Crippen LogP contribution is 2.28. The molecule has 3 nitrogen and oxygen atoms in total. The van der Waals surface area contributed by atoms with E-state index in [1.165, 1.54) is 6.07 Å². The molecular weight excluding hydrogens is 217 g/mol. The van der Waals surface area contributed by atoms with E-state index in [1.807, 2.05) is 0 Å². The third-order valence-electron chi connectivity index (χ3n) is 2.73. The largest absolute Gasteiger partial charge is 0.398 e. The Kier molecular flexibility index (Phi) is 3.42. The molecule has 0 radical (unpaired) electrons. The molecular formula is C13H16FN3. The van der Waals surface area contributed by atoms with Crippen LogP contribution in [0, 0.1) is 5.82 Å². The SMILES string of the molecule is CCCCNc1nccc2c(F)ccc(N)c12. The highest BCUT2D eigenvalue weighted by molar-refractivity contribution is 6.00. The molecule has 0 aliphatic carbocycles. The zero-order valence-corrected chi connectivity index (χ0v) is 9.83. The highest BCUT2D eigenvalue weighted by atomic mass is 19.1. The van der Waals surface area contributed by atoms with E-state index in [9.17, 15) is 4.39 Å². The van der Waals surface area contributed by atoms with Crippen LogP contribution in [0.1, 0.15) is 19.8 Å². The lowest BCUT2D eigenvalue weighted by atomic mass is 10.1. The number of anilines is 2. The van der Waals surface area contributed by atoms with Gasteiger partial charge in [-0.05, 0) is 24.6 Å². The maximum atomic E-state index is 13.6. The Bertz CT molecular complexity index is 525. The molecule has 0 aliphatic rings. The number of fused-ring (bicyclic) bond motifs is 1. The van der Waals surface area contributed by atoms with Gasteiger partial charge in [-0.15, -0.1) is 0 Å². The summed E-state index contributed by atoms with van der Waals surface area (Å²) in [6, 6.07) is 4.60. The van der Waals surface area contributed by atoms with E-state index < -0.39 is 0 Å². The van der Waals surface area contributed by atoms with Crippen LogP contribution in [0.3, 0.4) is 0 Å². The van der Waals surface area contributed by atoms with Crippen LogP contribution in [0.25, 0.3) is 10.8 Å². The van der Waals surface area contributed by atoms with Gasteiger partial charge in [0.15, 0.2) is 0 Å². The molecule has 3 N–H and O–H groups in total. The van der Waals surface area contributed by atoms with Gasteiger partial charge in [-0.3, -0.25) is 0 Å². The molecule has 2 rings (SSSR count). The third-order valence-corrected chi connectivity index (χ3v) is 2.73. The lowest BCUT2D eigenvalue weighted by molar-refractivity contribution is 0.640. The van der Waals surface area contributed by atoms with Crippen molar-refractivity contribution in [2.75, 3.05) is 17.6 Å². The normalized spacial score (nSPS) is 10.7. The number of aromatic nitrogens is 1. The Balaban J connectivity index is 2.45. The van der Waals surface area contributed by atoms with Crippen LogP contribution < -0.4 is 11.1 Å².